The van der Waals surface area contributed by atoms with Gasteiger partial charge in [-0.1, -0.05) is 20.3 Å². The van der Waals surface area contributed by atoms with Crippen LogP contribution in [0.5, 0.6) is 0 Å². The van der Waals surface area contributed by atoms with Crippen LogP contribution in [0.2, 0.25) is 0 Å². The van der Waals surface area contributed by atoms with Crippen LogP contribution in [0.1, 0.15) is 46.0 Å². The van der Waals surface area contributed by atoms with Crippen LogP contribution in [-0.4, -0.2) is 24.0 Å². The van der Waals surface area contributed by atoms with Gasteiger partial charge in [0, 0.05) is 6.04 Å². The molecule has 0 spiro atoms. The third-order valence-corrected chi connectivity index (χ3v) is 3.59. The fraction of sp³-hybridized carbons (Fsp3) is 0.917. The molecule has 1 fully saturated rings. The second kappa shape index (κ2) is 6.03. The maximum atomic E-state index is 8.70. The fourth-order valence-electron chi connectivity index (χ4n) is 2.51. The Hall–Kier alpha value is -0.550. The Labute approximate surface area is 87.9 Å². The van der Waals surface area contributed by atoms with Crippen LogP contribution in [0.3, 0.4) is 0 Å². The highest BCUT2D eigenvalue weighted by atomic mass is 15.1. The average Bonchev–Trinajstić information content (AvgIpc) is 2.26. The Balaban J connectivity index is 2.36. The average molecular weight is 194 g/mol. The number of hydrogen-bond donors (Lipinski definition) is 0. The standard InChI is InChI=1S/C12H22N2/c1-3-11-5-7-12(8-6-11)14(4-2)10-9-13/h11-12H,3-8,10H2,1-2H3. The largest absolute Gasteiger partial charge is 0.288 e. The van der Waals surface area contributed by atoms with Crippen LogP contribution in [0.4, 0.5) is 0 Å². The summed E-state index contributed by atoms with van der Waals surface area (Å²) in [6, 6.07) is 2.95. The van der Waals surface area contributed by atoms with E-state index in [-0.39, 0.29) is 0 Å². The Morgan fingerprint density at radius 1 is 1.21 bits per heavy atom. The number of nitrogens with zero attached hydrogens (tertiary/aromatic N) is 2. The molecular weight excluding hydrogens is 172 g/mol. The summed E-state index contributed by atoms with van der Waals surface area (Å²) in [4.78, 5) is 2.33. The first-order valence-corrected chi connectivity index (χ1v) is 5.92. The Morgan fingerprint density at radius 3 is 2.29 bits per heavy atom. The van der Waals surface area contributed by atoms with Crippen molar-refractivity contribution >= 4 is 0 Å². The molecule has 0 heterocycles. The van der Waals surface area contributed by atoms with Crippen molar-refractivity contribution in [3.63, 3.8) is 0 Å². The molecule has 0 unspecified atom stereocenters. The summed E-state index contributed by atoms with van der Waals surface area (Å²) < 4.78 is 0. The molecule has 0 aliphatic heterocycles. The minimum atomic E-state index is 0.609. The highest BCUT2D eigenvalue weighted by Crippen LogP contribution is 2.29. The number of nitriles is 1. The molecule has 1 aliphatic rings. The summed E-state index contributed by atoms with van der Waals surface area (Å²) in [5, 5.41) is 8.70. The van der Waals surface area contributed by atoms with E-state index in [1.54, 1.807) is 0 Å². The van der Waals surface area contributed by atoms with Gasteiger partial charge in [0.05, 0.1) is 12.6 Å². The van der Waals surface area contributed by atoms with Crippen LogP contribution < -0.4 is 0 Å². The van der Waals surface area contributed by atoms with E-state index in [4.69, 9.17) is 5.26 Å². The van der Waals surface area contributed by atoms with Gasteiger partial charge in [-0.25, -0.2) is 0 Å². The maximum Gasteiger partial charge on any atom is 0.0868 e. The van der Waals surface area contributed by atoms with Gasteiger partial charge in [0.1, 0.15) is 0 Å². The Morgan fingerprint density at radius 2 is 1.86 bits per heavy atom. The third-order valence-electron chi connectivity index (χ3n) is 3.59. The minimum absolute atomic E-state index is 0.609. The van der Waals surface area contributed by atoms with Gasteiger partial charge in [-0.2, -0.15) is 5.26 Å². The molecule has 0 amide bonds. The Kier molecular flexibility index (Phi) is 4.97. The van der Waals surface area contributed by atoms with E-state index in [2.05, 4.69) is 24.8 Å². The molecule has 0 aromatic heterocycles. The SMILES string of the molecule is CCC1CCC(N(CC)CC#N)CC1. The van der Waals surface area contributed by atoms with E-state index in [0.29, 0.717) is 12.6 Å². The monoisotopic (exact) mass is 194 g/mol. The van der Waals surface area contributed by atoms with Crippen molar-refractivity contribution in [1.29, 1.82) is 5.26 Å². The molecule has 2 nitrogen and oxygen atoms in total. The molecule has 0 aromatic rings. The number of rotatable bonds is 4. The highest BCUT2D eigenvalue weighted by molar-refractivity contribution is 4.84. The van der Waals surface area contributed by atoms with Gasteiger partial charge in [-0.05, 0) is 38.1 Å². The summed E-state index contributed by atoms with van der Waals surface area (Å²) in [7, 11) is 0. The van der Waals surface area contributed by atoms with Gasteiger partial charge in [0.2, 0.25) is 0 Å². The molecule has 1 saturated carbocycles. The van der Waals surface area contributed by atoms with Gasteiger partial charge in [0.15, 0.2) is 0 Å². The molecule has 2 heteroatoms. The molecular formula is C12H22N2. The summed E-state index contributed by atoms with van der Waals surface area (Å²) in [6.07, 6.45) is 6.66. The first-order valence-electron chi connectivity index (χ1n) is 5.92. The lowest BCUT2D eigenvalue weighted by atomic mass is 9.84. The zero-order chi connectivity index (χ0) is 10.4. The van der Waals surface area contributed by atoms with Crippen molar-refractivity contribution in [3.05, 3.63) is 0 Å². The van der Waals surface area contributed by atoms with Crippen molar-refractivity contribution in [3.8, 4) is 6.07 Å². The Bertz CT molecular complexity index is 187. The lowest BCUT2D eigenvalue weighted by molar-refractivity contribution is 0.156. The normalized spacial score (nSPS) is 27.6. The molecule has 1 rings (SSSR count). The zero-order valence-electron chi connectivity index (χ0n) is 9.50. The first kappa shape index (κ1) is 11.5. The summed E-state index contributed by atoms with van der Waals surface area (Å²) in [6.45, 7) is 6.08. The van der Waals surface area contributed by atoms with Crippen molar-refractivity contribution in [2.24, 2.45) is 5.92 Å². The summed E-state index contributed by atoms with van der Waals surface area (Å²) >= 11 is 0. The molecule has 0 aromatic carbocycles. The van der Waals surface area contributed by atoms with Gasteiger partial charge in [-0.3, -0.25) is 4.90 Å². The van der Waals surface area contributed by atoms with Gasteiger partial charge in [-0.15, -0.1) is 0 Å². The van der Waals surface area contributed by atoms with Crippen LogP contribution in [0, 0.1) is 17.2 Å². The van der Waals surface area contributed by atoms with Crippen LogP contribution >= 0.6 is 0 Å². The quantitative estimate of drug-likeness (QED) is 0.643. The fourth-order valence-corrected chi connectivity index (χ4v) is 2.51. The van der Waals surface area contributed by atoms with E-state index < -0.39 is 0 Å². The van der Waals surface area contributed by atoms with E-state index in [9.17, 15) is 0 Å². The molecule has 0 radical (unpaired) electrons. The molecule has 0 bridgehead atoms. The predicted octanol–water partition coefficient (Wildman–Crippen LogP) is 2.80. The van der Waals surface area contributed by atoms with Gasteiger partial charge >= 0.3 is 0 Å². The summed E-state index contributed by atoms with van der Waals surface area (Å²) in [5.41, 5.74) is 0. The van der Waals surface area contributed by atoms with E-state index in [1.807, 2.05) is 0 Å². The molecule has 0 saturated heterocycles. The first-order chi connectivity index (χ1) is 6.81. The molecule has 80 valence electrons. The molecule has 14 heavy (non-hydrogen) atoms. The third kappa shape index (κ3) is 2.99. The predicted molar refractivity (Wildman–Crippen MR) is 58.9 cm³/mol. The van der Waals surface area contributed by atoms with Gasteiger partial charge < -0.3 is 0 Å². The lowest BCUT2D eigenvalue weighted by Gasteiger charge is -2.34. The van der Waals surface area contributed by atoms with Crippen molar-refractivity contribution in [2.75, 3.05) is 13.1 Å². The van der Waals surface area contributed by atoms with E-state index in [1.165, 1.54) is 32.1 Å². The lowest BCUT2D eigenvalue weighted by Crippen LogP contribution is -2.38. The molecule has 0 N–H and O–H groups in total. The van der Waals surface area contributed by atoms with Gasteiger partial charge in [0.25, 0.3) is 0 Å². The smallest absolute Gasteiger partial charge is 0.0868 e. The van der Waals surface area contributed by atoms with Crippen LogP contribution in [0.15, 0.2) is 0 Å². The second-order valence-electron chi connectivity index (χ2n) is 4.30. The molecule has 0 atom stereocenters. The minimum Gasteiger partial charge on any atom is -0.288 e. The van der Waals surface area contributed by atoms with Crippen molar-refractivity contribution in [2.45, 2.75) is 52.0 Å². The van der Waals surface area contributed by atoms with Crippen LogP contribution in [-0.2, 0) is 0 Å². The second-order valence-corrected chi connectivity index (χ2v) is 4.30. The topological polar surface area (TPSA) is 27.0 Å². The van der Waals surface area contributed by atoms with Crippen molar-refractivity contribution < 1.29 is 0 Å². The zero-order valence-corrected chi connectivity index (χ0v) is 9.50. The van der Waals surface area contributed by atoms with Crippen molar-refractivity contribution in [1.82, 2.24) is 4.90 Å². The molecule has 1 aliphatic carbocycles. The maximum absolute atomic E-state index is 8.70. The van der Waals surface area contributed by atoms with E-state index >= 15 is 0 Å². The van der Waals surface area contributed by atoms with E-state index in [0.717, 1.165) is 12.5 Å². The summed E-state index contributed by atoms with van der Waals surface area (Å²) in [5.74, 6) is 0.951. The number of hydrogen-bond acceptors (Lipinski definition) is 2. The van der Waals surface area contributed by atoms with Crippen LogP contribution in [0.25, 0.3) is 0 Å². The highest BCUT2D eigenvalue weighted by Gasteiger charge is 2.23.